The minimum atomic E-state index is -3.46. The zero-order valence-corrected chi connectivity index (χ0v) is 11.8. The van der Waals surface area contributed by atoms with Crippen molar-refractivity contribution in [1.82, 2.24) is 9.29 Å². The summed E-state index contributed by atoms with van der Waals surface area (Å²) in [5, 5.41) is 0. The monoisotopic (exact) mass is 274 g/mol. The van der Waals surface area contributed by atoms with E-state index in [1.165, 1.54) is 10.5 Å². The van der Waals surface area contributed by atoms with Crippen LogP contribution >= 0.6 is 12.2 Å². The van der Waals surface area contributed by atoms with Gasteiger partial charge in [-0.25, -0.2) is 8.42 Å². The minimum absolute atomic E-state index is 0.192. The standard InChI is InChI=1S/C11H18N2O2S2/c1-3-7-13(8-4-2)17(14,15)11-9-12-6-5-10(11)16/h5-6,9H,3-4,7-8H2,1-2H3,(H,12,16). The highest BCUT2D eigenvalue weighted by molar-refractivity contribution is 7.89. The molecule has 6 heteroatoms. The minimum Gasteiger partial charge on any atom is -0.366 e. The average Bonchev–Trinajstić information content (AvgIpc) is 2.29. The van der Waals surface area contributed by atoms with E-state index in [9.17, 15) is 8.42 Å². The second-order valence-corrected chi connectivity index (χ2v) is 6.12. The highest BCUT2D eigenvalue weighted by Crippen LogP contribution is 2.16. The summed E-state index contributed by atoms with van der Waals surface area (Å²) in [5.74, 6) is 0. The number of pyridine rings is 1. The van der Waals surface area contributed by atoms with Gasteiger partial charge >= 0.3 is 0 Å². The quantitative estimate of drug-likeness (QED) is 0.811. The van der Waals surface area contributed by atoms with Crippen molar-refractivity contribution in [2.75, 3.05) is 13.1 Å². The number of nitrogens with zero attached hydrogens (tertiary/aromatic N) is 1. The summed E-state index contributed by atoms with van der Waals surface area (Å²) >= 11 is 5.06. The fourth-order valence-corrected chi connectivity index (χ4v) is 3.70. The zero-order valence-electron chi connectivity index (χ0n) is 10.1. The van der Waals surface area contributed by atoms with Gasteiger partial charge in [0.1, 0.15) is 4.90 Å². The van der Waals surface area contributed by atoms with Crippen molar-refractivity contribution in [3.05, 3.63) is 23.0 Å². The Kier molecular flexibility index (Phi) is 5.30. The van der Waals surface area contributed by atoms with E-state index < -0.39 is 10.0 Å². The van der Waals surface area contributed by atoms with Crippen LogP contribution in [0.4, 0.5) is 0 Å². The van der Waals surface area contributed by atoms with Crippen LogP contribution in [-0.4, -0.2) is 30.8 Å². The third-order valence-corrected chi connectivity index (χ3v) is 4.78. The van der Waals surface area contributed by atoms with Crippen LogP contribution in [0.25, 0.3) is 0 Å². The number of hydrogen-bond donors (Lipinski definition) is 1. The smallest absolute Gasteiger partial charge is 0.245 e. The Morgan fingerprint density at radius 2 is 1.88 bits per heavy atom. The first-order valence-corrected chi connectivity index (χ1v) is 7.56. The lowest BCUT2D eigenvalue weighted by atomic mass is 10.4. The molecule has 0 aliphatic carbocycles. The molecule has 1 N–H and O–H groups in total. The van der Waals surface area contributed by atoms with Gasteiger partial charge in [0, 0.05) is 25.5 Å². The predicted molar refractivity (Wildman–Crippen MR) is 71.0 cm³/mol. The Labute approximate surface area is 108 Å². The lowest BCUT2D eigenvalue weighted by Crippen LogP contribution is -2.32. The molecule has 0 amide bonds. The maximum Gasteiger partial charge on any atom is 0.245 e. The van der Waals surface area contributed by atoms with Gasteiger partial charge in [-0.1, -0.05) is 26.1 Å². The van der Waals surface area contributed by atoms with E-state index in [2.05, 4.69) is 4.98 Å². The Morgan fingerprint density at radius 3 is 2.35 bits per heavy atom. The third kappa shape index (κ3) is 3.37. The summed E-state index contributed by atoms with van der Waals surface area (Å²) in [6, 6.07) is 1.60. The summed E-state index contributed by atoms with van der Waals surface area (Å²) in [6.45, 7) is 4.98. The molecule has 0 aliphatic heterocycles. The van der Waals surface area contributed by atoms with Crippen molar-refractivity contribution < 1.29 is 8.42 Å². The molecule has 0 saturated heterocycles. The summed E-state index contributed by atoms with van der Waals surface area (Å²) in [6.07, 6.45) is 4.67. The highest BCUT2D eigenvalue weighted by atomic mass is 32.2. The molecular weight excluding hydrogens is 256 g/mol. The first kappa shape index (κ1) is 14.3. The van der Waals surface area contributed by atoms with E-state index in [1.807, 2.05) is 13.8 Å². The molecule has 0 aromatic carbocycles. The molecule has 0 fully saturated rings. The first-order valence-electron chi connectivity index (χ1n) is 5.71. The molecule has 0 bridgehead atoms. The fraction of sp³-hybridized carbons (Fsp3) is 0.545. The topological polar surface area (TPSA) is 53.2 Å². The lowest BCUT2D eigenvalue weighted by Gasteiger charge is -2.20. The number of sulfonamides is 1. The van der Waals surface area contributed by atoms with Gasteiger partial charge in [0.15, 0.2) is 0 Å². The Balaban J connectivity index is 3.17. The van der Waals surface area contributed by atoms with Crippen molar-refractivity contribution >= 4 is 22.2 Å². The van der Waals surface area contributed by atoms with Crippen LogP contribution in [0.5, 0.6) is 0 Å². The van der Waals surface area contributed by atoms with Crippen LogP contribution < -0.4 is 0 Å². The second-order valence-electron chi connectivity index (χ2n) is 3.78. The van der Waals surface area contributed by atoms with E-state index in [1.54, 1.807) is 12.3 Å². The number of aromatic nitrogens is 1. The zero-order chi connectivity index (χ0) is 12.9. The second kappa shape index (κ2) is 6.28. The molecule has 17 heavy (non-hydrogen) atoms. The first-order chi connectivity index (χ1) is 8.04. The maximum atomic E-state index is 12.4. The predicted octanol–water partition coefficient (Wildman–Crippen LogP) is 2.55. The number of aromatic amines is 1. The molecular formula is C11H18N2O2S2. The van der Waals surface area contributed by atoms with Crippen LogP contribution in [0, 0.1) is 4.51 Å². The summed E-state index contributed by atoms with van der Waals surface area (Å²) < 4.78 is 26.6. The highest BCUT2D eigenvalue weighted by Gasteiger charge is 2.24. The van der Waals surface area contributed by atoms with E-state index in [0.29, 0.717) is 17.6 Å². The Bertz CT molecular complexity index is 502. The van der Waals surface area contributed by atoms with Gasteiger partial charge in [-0.15, -0.1) is 0 Å². The molecule has 4 nitrogen and oxygen atoms in total. The van der Waals surface area contributed by atoms with Gasteiger partial charge < -0.3 is 4.98 Å². The molecule has 1 heterocycles. The van der Waals surface area contributed by atoms with Crippen molar-refractivity contribution in [1.29, 1.82) is 0 Å². The summed E-state index contributed by atoms with van der Waals surface area (Å²) in [7, 11) is -3.46. The van der Waals surface area contributed by atoms with Crippen molar-refractivity contribution in [2.24, 2.45) is 0 Å². The molecule has 1 aromatic rings. The Hall–Kier alpha value is -0.720. The molecule has 1 rings (SSSR count). The van der Waals surface area contributed by atoms with Crippen LogP contribution in [0.1, 0.15) is 26.7 Å². The van der Waals surface area contributed by atoms with Gasteiger partial charge in [-0.05, 0) is 18.9 Å². The molecule has 0 saturated carbocycles. The van der Waals surface area contributed by atoms with E-state index in [-0.39, 0.29) is 4.90 Å². The van der Waals surface area contributed by atoms with Gasteiger partial charge in [0.2, 0.25) is 10.0 Å². The molecule has 0 aliphatic rings. The third-order valence-electron chi connectivity index (χ3n) is 2.35. The molecule has 96 valence electrons. The largest absolute Gasteiger partial charge is 0.366 e. The lowest BCUT2D eigenvalue weighted by molar-refractivity contribution is 0.409. The number of nitrogens with one attached hydrogen (secondary N) is 1. The molecule has 1 aromatic heterocycles. The van der Waals surface area contributed by atoms with Crippen LogP contribution in [0.15, 0.2) is 23.4 Å². The normalized spacial score (nSPS) is 11.9. The maximum absolute atomic E-state index is 12.4. The Morgan fingerprint density at radius 1 is 1.29 bits per heavy atom. The molecule has 0 atom stereocenters. The summed E-state index contributed by atoms with van der Waals surface area (Å²) in [5.41, 5.74) is 0. The number of hydrogen-bond acceptors (Lipinski definition) is 3. The SMILES string of the molecule is CCCN(CCC)S(=O)(=O)c1c[nH]ccc1=S. The van der Waals surface area contributed by atoms with E-state index in [4.69, 9.17) is 12.2 Å². The van der Waals surface area contributed by atoms with Gasteiger partial charge in [0.25, 0.3) is 0 Å². The van der Waals surface area contributed by atoms with Crippen molar-refractivity contribution in [3.63, 3.8) is 0 Å². The van der Waals surface area contributed by atoms with E-state index in [0.717, 1.165) is 12.8 Å². The van der Waals surface area contributed by atoms with Crippen molar-refractivity contribution in [3.8, 4) is 0 Å². The number of rotatable bonds is 6. The van der Waals surface area contributed by atoms with Gasteiger partial charge in [0.05, 0.1) is 4.51 Å². The van der Waals surface area contributed by atoms with Crippen molar-refractivity contribution in [2.45, 2.75) is 31.6 Å². The molecule has 0 unspecified atom stereocenters. The summed E-state index contributed by atoms with van der Waals surface area (Å²) in [4.78, 5) is 2.97. The number of H-pyrrole nitrogens is 1. The molecule has 0 spiro atoms. The average molecular weight is 274 g/mol. The van der Waals surface area contributed by atoms with Crippen LogP contribution in [-0.2, 0) is 10.0 Å². The molecule has 0 radical (unpaired) electrons. The van der Waals surface area contributed by atoms with Gasteiger partial charge in [-0.3, -0.25) is 0 Å². The van der Waals surface area contributed by atoms with E-state index >= 15 is 0 Å². The van der Waals surface area contributed by atoms with Crippen LogP contribution in [0.3, 0.4) is 0 Å². The van der Waals surface area contributed by atoms with Gasteiger partial charge in [-0.2, -0.15) is 4.31 Å². The van der Waals surface area contributed by atoms with Crippen LogP contribution in [0.2, 0.25) is 0 Å². The fourth-order valence-electron chi connectivity index (χ4n) is 1.59.